The number of nitrogens with zero attached hydrogens (tertiary/aromatic N) is 2. The van der Waals surface area contributed by atoms with E-state index in [-0.39, 0.29) is 5.91 Å². The Morgan fingerprint density at radius 3 is 2.79 bits per heavy atom. The van der Waals surface area contributed by atoms with Gasteiger partial charge in [0.15, 0.2) is 0 Å². The second-order valence-corrected chi connectivity index (χ2v) is 4.40. The third-order valence-electron chi connectivity index (χ3n) is 2.72. The predicted molar refractivity (Wildman–Crippen MR) is 74.8 cm³/mol. The molecule has 2 rings (SSSR count). The molecule has 0 aliphatic rings. The maximum Gasteiger partial charge on any atom is 0.226 e. The second kappa shape index (κ2) is 6.15. The van der Waals surface area contributed by atoms with E-state index in [2.05, 4.69) is 10.4 Å². The van der Waals surface area contributed by atoms with Gasteiger partial charge in [-0.25, -0.2) is 4.68 Å². The summed E-state index contributed by atoms with van der Waals surface area (Å²) in [4.78, 5) is 11.6. The number of aromatic nitrogens is 2. The molecule has 0 atom stereocenters. The maximum absolute atomic E-state index is 11.6. The van der Waals surface area contributed by atoms with Crippen LogP contribution in [0.2, 0.25) is 0 Å². The van der Waals surface area contributed by atoms with Gasteiger partial charge in [0, 0.05) is 19.0 Å². The van der Waals surface area contributed by atoms with Crippen LogP contribution in [-0.2, 0) is 11.3 Å². The smallest absolute Gasteiger partial charge is 0.226 e. The number of hydrogen-bond donors (Lipinski definition) is 2. The van der Waals surface area contributed by atoms with Gasteiger partial charge in [-0.15, -0.1) is 0 Å². The number of carbonyl (C=O) groups excluding carboxylic acids is 1. The fourth-order valence-electron chi connectivity index (χ4n) is 1.86. The Morgan fingerprint density at radius 1 is 1.37 bits per heavy atom. The van der Waals surface area contributed by atoms with Crippen LogP contribution < -0.4 is 11.1 Å². The molecule has 0 fully saturated rings. The second-order valence-electron chi connectivity index (χ2n) is 4.40. The number of anilines is 1. The highest BCUT2D eigenvalue weighted by Crippen LogP contribution is 2.13. The number of hydrogen-bond acceptors (Lipinski definition) is 3. The van der Waals surface area contributed by atoms with Gasteiger partial charge in [-0.3, -0.25) is 4.79 Å². The van der Waals surface area contributed by atoms with Crippen molar-refractivity contribution in [2.24, 2.45) is 5.73 Å². The molecule has 0 saturated carbocycles. The topological polar surface area (TPSA) is 72.9 Å². The van der Waals surface area contributed by atoms with Gasteiger partial charge in [0.2, 0.25) is 5.91 Å². The summed E-state index contributed by atoms with van der Waals surface area (Å²) in [5, 5.41) is 7.22. The Kier molecular flexibility index (Phi) is 4.30. The molecule has 0 aliphatic carbocycles. The number of benzene rings is 1. The van der Waals surface area contributed by atoms with Crippen molar-refractivity contribution in [3.8, 4) is 0 Å². The van der Waals surface area contributed by atoms with E-state index in [1.807, 2.05) is 43.3 Å². The van der Waals surface area contributed by atoms with Gasteiger partial charge in [-0.2, -0.15) is 5.10 Å². The number of carbonyl (C=O) groups is 1. The normalized spacial score (nSPS) is 10.4. The van der Waals surface area contributed by atoms with Crippen LogP contribution in [0.5, 0.6) is 0 Å². The lowest BCUT2D eigenvalue weighted by atomic mass is 10.2. The lowest BCUT2D eigenvalue weighted by Gasteiger charge is -2.08. The average Bonchev–Trinajstić information content (AvgIpc) is 2.71. The highest BCUT2D eigenvalue weighted by atomic mass is 16.1. The SMILES string of the molecule is Cc1cc(NC(=O)CCN)n(Cc2ccccc2)n1. The Labute approximate surface area is 112 Å². The van der Waals surface area contributed by atoms with Crippen LogP contribution in [0.25, 0.3) is 0 Å². The Morgan fingerprint density at radius 2 is 2.11 bits per heavy atom. The van der Waals surface area contributed by atoms with Crippen LogP contribution in [-0.4, -0.2) is 22.2 Å². The molecule has 1 aromatic heterocycles. The summed E-state index contributed by atoms with van der Waals surface area (Å²) >= 11 is 0. The zero-order valence-corrected chi connectivity index (χ0v) is 11.0. The van der Waals surface area contributed by atoms with Crippen molar-refractivity contribution in [1.82, 2.24) is 9.78 Å². The molecule has 19 heavy (non-hydrogen) atoms. The van der Waals surface area contributed by atoms with E-state index in [0.29, 0.717) is 25.3 Å². The lowest BCUT2D eigenvalue weighted by molar-refractivity contribution is -0.116. The third-order valence-corrected chi connectivity index (χ3v) is 2.72. The lowest BCUT2D eigenvalue weighted by Crippen LogP contribution is -2.19. The molecular weight excluding hydrogens is 240 g/mol. The minimum atomic E-state index is -0.0864. The molecule has 5 heteroatoms. The van der Waals surface area contributed by atoms with Crippen molar-refractivity contribution in [3.05, 3.63) is 47.7 Å². The summed E-state index contributed by atoms with van der Waals surface area (Å²) in [5.41, 5.74) is 7.38. The van der Waals surface area contributed by atoms with Crippen molar-refractivity contribution in [1.29, 1.82) is 0 Å². The molecule has 0 unspecified atom stereocenters. The predicted octanol–water partition coefficient (Wildman–Crippen LogP) is 1.53. The molecule has 0 spiro atoms. The fraction of sp³-hybridized carbons (Fsp3) is 0.286. The van der Waals surface area contributed by atoms with E-state index in [9.17, 15) is 4.79 Å². The van der Waals surface area contributed by atoms with Gasteiger partial charge in [0.25, 0.3) is 0 Å². The quantitative estimate of drug-likeness (QED) is 0.854. The fourth-order valence-corrected chi connectivity index (χ4v) is 1.86. The first-order valence-corrected chi connectivity index (χ1v) is 6.27. The summed E-state index contributed by atoms with van der Waals surface area (Å²) in [7, 11) is 0. The molecular formula is C14H18N4O. The maximum atomic E-state index is 11.6. The van der Waals surface area contributed by atoms with E-state index in [0.717, 1.165) is 11.3 Å². The zero-order valence-electron chi connectivity index (χ0n) is 11.0. The molecule has 2 aromatic rings. The van der Waals surface area contributed by atoms with Gasteiger partial charge in [-0.1, -0.05) is 30.3 Å². The first-order valence-electron chi connectivity index (χ1n) is 6.27. The Hall–Kier alpha value is -2.14. The standard InChI is InChI=1S/C14H18N4O/c1-11-9-13(16-14(19)7-8-15)18(17-11)10-12-5-3-2-4-6-12/h2-6,9H,7-8,10,15H2,1H3,(H,16,19). The molecule has 5 nitrogen and oxygen atoms in total. The molecule has 1 aromatic carbocycles. The van der Waals surface area contributed by atoms with E-state index in [1.165, 1.54) is 0 Å². The summed E-state index contributed by atoms with van der Waals surface area (Å²) in [6.45, 7) is 2.88. The average molecular weight is 258 g/mol. The van der Waals surface area contributed by atoms with E-state index in [1.54, 1.807) is 4.68 Å². The van der Waals surface area contributed by atoms with Gasteiger partial charge >= 0.3 is 0 Å². The van der Waals surface area contributed by atoms with Crippen molar-refractivity contribution < 1.29 is 4.79 Å². The largest absolute Gasteiger partial charge is 0.330 e. The van der Waals surface area contributed by atoms with Crippen LogP contribution in [0.3, 0.4) is 0 Å². The van der Waals surface area contributed by atoms with Crippen LogP contribution in [0.15, 0.2) is 36.4 Å². The monoisotopic (exact) mass is 258 g/mol. The van der Waals surface area contributed by atoms with Gasteiger partial charge in [0.05, 0.1) is 12.2 Å². The van der Waals surface area contributed by atoms with Crippen molar-refractivity contribution in [2.45, 2.75) is 19.9 Å². The first kappa shape index (κ1) is 13.3. The van der Waals surface area contributed by atoms with Crippen molar-refractivity contribution in [2.75, 3.05) is 11.9 Å². The van der Waals surface area contributed by atoms with Crippen LogP contribution in [0.1, 0.15) is 17.7 Å². The van der Waals surface area contributed by atoms with Gasteiger partial charge < -0.3 is 11.1 Å². The molecule has 1 heterocycles. The molecule has 0 radical (unpaired) electrons. The highest BCUT2D eigenvalue weighted by molar-refractivity contribution is 5.90. The minimum absolute atomic E-state index is 0.0864. The van der Waals surface area contributed by atoms with Crippen molar-refractivity contribution in [3.63, 3.8) is 0 Å². The van der Waals surface area contributed by atoms with Gasteiger partial charge in [-0.05, 0) is 12.5 Å². The molecule has 3 N–H and O–H groups in total. The van der Waals surface area contributed by atoms with Crippen LogP contribution >= 0.6 is 0 Å². The number of amides is 1. The van der Waals surface area contributed by atoms with E-state index >= 15 is 0 Å². The molecule has 1 amide bonds. The number of nitrogens with one attached hydrogen (secondary N) is 1. The van der Waals surface area contributed by atoms with E-state index < -0.39 is 0 Å². The third kappa shape index (κ3) is 3.66. The molecule has 100 valence electrons. The number of rotatable bonds is 5. The Bertz CT molecular complexity index is 548. The van der Waals surface area contributed by atoms with Crippen LogP contribution in [0.4, 0.5) is 5.82 Å². The molecule has 0 aliphatic heterocycles. The van der Waals surface area contributed by atoms with Crippen LogP contribution in [0, 0.1) is 6.92 Å². The van der Waals surface area contributed by atoms with Crippen molar-refractivity contribution >= 4 is 11.7 Å². The Balaban J connectivity index is 2.14. The summed E-state index contributed by atoms with van der Waals surface area (Å²) in [5.74, 6) is 0.622. The summed E-state index contributed by atoms with van der Waals surface area (Å²) in [6.07, 6.45) is 0.315. The first-order chi connectivity index (χ1) is 9.19. The number of aryl methyl sites for hydroxylation is 1. The molecule has 0 saturated heterocycles. The van der Waals surface area contributed by atoms with Gasteiger partial charge in [0.1, 0.15) is 5.82 Å². The zero-order chi connectivity index (χ0) is 13.7. The highest BCUT2D eigenvalue weighted by Gasteiger charge is 2.09. The minimum Gasteiger partial charge on any atom is -0.330 e. The summed E-state index contributed by atoms with van der Waals surface area (Å²) in [6, 6.07) is 11.9. The summed E-state index contributed by atoms with van der Waals surface area (Å²) < 4.78 is 1.79. The van der Waals surface area contributed by atoms with E-state index in [4.69, 9.17) is 5.73 Å². The molecule has 0 bridgehead atoms. The number of nitrogens with two attached hydrogens (primary N) is 1.